The molecule has 1 atom stereocenters. The van der Waals surface area contributed by atoms with Crippen LogP contribution in [0, 0.1) is 5.41 Å². The van der Waals surface area contributed by atoms with Crippen LogP contribution in [0.3, 0.4) is 0 Å². The van der Waals surface area contributed by atoms with Crippen LogP contribution in [-0.4, -0.2) is 10.8 Å². The molecule has 0 saturated heterocycles. The molecule has 2 aliphatic rings. The summed E-state index contributed by atoms with van der Waals surface area (Å²) in [6.07, 6.45) is 3.33. The minimum absolute atomic E-state index is 0.00117. The van der Waals surface area contributed by atoms with E-state index in [-0.39, 0.29) is 17.1 Å². The fourth-order valence-corrected chi connectivity index (χ4v) is 5.27. The lowest BCUT2D eigenvalue weighted by Gasteiger charge is -2.39. The van der Waals surface area contributed by atoms with Crippen molar-refractivity contribution in [2.24, 2.45) is 5.41 Å². The maximum Gasteiger partial charge on any atom is 0.162 e. The fourth-order valence-electron chi connectivity index (χ4n) is 4.42. The third-order valence-electron chi connectivity index (χ3n) is 5.44. The normalized spacial score (nSPS) is 21.3. The van der Waals surface area contributed by atoms with Crippen LogP contribution in [0.2, 0.25) is 0 Å². The molecular formula is C22H20N2OS. The molecule has 0 radical (unpaired) electrons. The summed E-state index contributed by atoms with van der Waals surface area (Å²) in [5, 5.41) is 6.82. The standard InChI is InChI=1S/C22H20N2OS/c1-22(2)11-16-20(17(25)12-22)21(18-6-4-10-26-18)19-13-5-3-9-23-14(13)7-8-15(19)24-16/h3-10,21,24H,11-12H2,1-2H3/t21-/m1/s1. The molecule has 3 aromatic rings. The van der Waals surface area contributed by atoms with Gasteiger partial charge in [-0.05, 0) is 47.0 Å². The maximum absolute atomic E-state index is 13.2. The summed E-state index contributed by atoms with van der Waals surface area (Å²) < 4.78 is 0. The van der Waals surface area contributed by atoms with E-state index in [0.29, 0.717) is 6.42 Å². The van der Waals surface area contributed by atoms with Gasteiger partial charge >= 0.3 is 0 Å². The zero-order valence-electron chi connectivity index (χ0n) is 14.9. The molecule has 3 heterocycles. The molecule has 1 aliphatic heterocycles. The average molecular weight is 360 g/mol. The van der Waals surface area contributed by atoms with Crippen molar-refractivity contribution in [3.05, 3.63) is 69.7 Å². The highest BCUT2D eigenvalue weighted by molar-refractivity contribution is 7.10. The molecule has 0 bridgehead atoms. The number of hydrogen-bond donors (Lipinski definition) is 1. The first-order valence-electron chi connectivity index (χ1n) is 8.98. The van der Waals surface area contributed by atoms with Crippen LogP contribution in [0.1, 0.15) is 43.0 Å². The Kier molecular flexibility index (Phi) is 3.35. The molecule has 0 saturated carbocycles. The van der Waals surface area contributed by atoms with Crippen molar-refractivity contribution in [1.82, 2.24) is 4.98 Å². The van der Waals surface area contributed by atoms with Gasteiger partial charge in [-0.25, -0.2) is 0 Å². The van der Waals surface area contributed by atoms with Gasteiger partial charge in [-0.1, -0.05) is 26.0 Å². The van der Waals surface area contributed by atoms with Crippen molar-refractivity contribution in [2.75, 3.05) is 5.32 Å². The second-order valence-electron chi connectivity index (χ2n) is 8.00. The summed E-state index contributed by atoms with van der Waals surface area (Å²) in [6, 6.07) is 12.5. The van der Waals surface area contributed by atoms with Crippen LogP contribution in [0.15, 0.2) is 59.2 Å². The van der Waals surface area contributed by atoms with E-state index in [0.717, 1.165) is 34.3 Å². The van der Waals surface area contributed by atoms with E-state index < -0.39 is 0 Å². The van der Waals surface area contributed by atoms with Gasteiger partial charge in [0.25, 0.3) is 0 Å². The maximum atomic E-state index is 13.2. The Bertz CT molecular complexity index is 1060. The number of rotatable bonds is 1. The predicted octanol–water partition coefficient (Wildman–Crippen LogP) is 5.50. The van der Waals surface area contributed by atoms with Crippen LogP contribution >= 0.6 is 11.3 Å². The predicted molar refractivity (Wildman–Crippen MR) is 107 cm³/mol. The number of carbonyl (C=O) groups is 1. The topological polar surface area (TPSA) is 42.0 Å². The summed E-state index contributed by atoms with van der Waals surface area (Å²) in [5.74, 6) is 0.270. The summed E-state index contributed by atoms with van der Waals surface area (Å²) in [6.45, 7) is 4.35. The molecule has 26 heavy (non-hydrogen) atoms. The van der Waals surface area contributed by atoms with Crippen LogP contribution in [0.5, 0.6) is 0 Å². The van der Waals surface area contributed by atoms with Gasteiger partial charge in [0.15, 0.2) is 5.78 Å². The number of fused-ring (bicyclic) bond motifs is 3. The molecule has 130 valence electrons. The third-order valence-corrected chi connectivity index (χ3v) is 6.37. The minimum atomic E-state index is -0.00208. The van der Waals surface area contributed by atoms with E-state index >= 15 is 0 Å². The third kappa shape index (κ3) is 2.32. The summed E-state index contributed by atoms with van der Waals surface area (Å²) in [5.41, 5.74) is 5.31. The summed E-state index contributed by atoms with van der Waals surface area (Å²) in [4.78, 5) is 18.9. The second-order valence-corrected chi connectivity index (χ2v) is 8.98. The molecule has 0 unspecified atom stereocenters. The molecule has 1 N–H and O–H groups in total. The number of aromatic nitrogens is 1. The number of pyridine rings is 1. The Morgan fingerprint density at radius 1 is 1.15 bits per heavy atom. The summed E-state index contributed by atoms with van der Waals surface area (Å²) >= 11 is 1.72. The number of ketones is 1. The minimum Gasteiger partial charge on any atom is -0.358 e. The van der Waals surface area contributed by atoms with Crippen molar-refractivity contribution in [3.63, 3.8) is 0 Å². The first-order chi connectivity index (χ1) is 12.5. The van der Waals surface area contributed by atoms with E-state index in [9.17, 15) is 4.79 Å². The Morgan fingerprint density at radius 3 is 2.85 bits per heavy atom. The number of nitrogens with one attached hydrogen (secondary N) is 1. The fraction of sp³-hybridized carbons (Fsp3) is 0.273. The SMILES string of the molecule is CC1(C)CC(=O)C2=C(C1)Nc1ccc3ncccc3c1[C@H]2c1cccs1. The van der Waals surface area contributed by atoms with Crippen molar-refractivity contribution >= 4 is 33.7 Å². The van der Waals surface area contributed by atoms with Crippen molar-refractivity contribution in [1.29, 1.82) is 0 Å². The molecule has 4 heteroatoms. The number of allylic oxidation sites excluding steroid dienone is 2. The van der Waals surface area contributed by atoms with Gasteiger partial charge in [0.1, 0.15) is 0 Å². The molecule has 3 nitrogen and oxygen atoms in total. The Labute approximate surface area is 156 Å². The molecular weight excluding hydrogens is 340 g/mol. The highest BCUT2D eigenvalue weighted by atomic mass is 32.1. The Balaban J connectivity index is 1.82. The van der Waals surface area contributed by atoms with Gasteiger partial charge in [0, 0.05) is 39.8 Å². The number of nitrogens with zero attached hydrogens (tertiary/aromatic N) is 1. The van der Waals surface area contributed by atoms with Gasteiger partial charge in [-0.3, -0.25) is 9.78 Å². The molecule has 1 aromatic carbocycles. The van der Waals surface area contributed by atoms with Gasteiger partial charge in [0.05, 0.1) is 11.4 Å². The quantitative estimate of drug-likeness (QED) is 0.623. The van der Waals surface area contributed by atoms with Crippen LogP contribution in [-0.2, 0) is 4.79 Å². The first-order valence-corrected chi connectivity index (χ1v) is 9.86. The van der Waals surface area contributed by atoms with E-state index in [2.05, 4.69) is 59.9 Å². The van der Waals surface area contributed by atoms with Crippen LogP contribution in [0.4, 0.5) is 5.69 Å². The molecule has 0 spiro atoms. The lowest BCUT2D eigenvalue weighted by Crippen LogP contribution is -2.33. The Morgan fingerprint density at radius 2 is 2.04 bits per heavy atom. The molecule has 5 rings (SSSR count). The first kappa shape index (κ1) is 15.8. The zero-order chi connectivity index (χ0) is 17.9. The Hall–Kier alpha value is -2.46. The molecule has 1 aliphatic carbocycles. The van der Waals surface area contributed by atoms with E-state index in [1.54, 1.807) is 11.3 Å². The van der Waals surface area contributed by atoms with Gasteiger partial charge in [-0.2, -0.15) is 0 Å². The smallest absolute Gasteiger partial charge is 0.162 e. The number of carbonyl (C=O) groups excluding carboxylic acids is 1. The van der Waals surface area contributed by atoms with E-state index in [4.69, 9.17) is 0 Å². The second kappa shape index (κ2) is 5.52. The van der Waals surface area contributed by atoms with Crippen molar-refractivity contribution < 1.29 is 4.79 Å². The van der Waals surface area contributed by atoms with Gasteiger partial charge in [0.2, 0.25) is 0 Å². The molecule has 0 amide bonds. The van der Waals surface area contributed by atoms with E-state index in [1.165, 1.54) is 10.4 Å². The number of benzene rings is 1. The zero-order valence-corrected chi connectivity index (χ0v) is 15.7. The number of thiophene rings is 1. The monoisotopic (exact) mass is 360 g/mol. The van der Waals surface area contributed by atoms with Gasteiger partial charge < -0.3 is 5.32 Å². The van der Waals surface area contributed by atoms with Crippen LogP contribution < -0.4 is 5.32 Å². The number of anilines is 1. The molecule has 2 aromatic heterocycles. The van der Waals surface area contributed by atoms with Crippen molar-refractivity contribution in [3.8, 4) is 0 Å². The average Bonchev–Trinajstić information content (AvgIpc) is 3.13. The number of Topliss-reactive ketones (excluding diaryl/α,β-unsaturated/α-hetero) is 1. The number of hydrogen-bond acceptors (Lipinski definition) is 4. The lowest BCUT2D eigenvalue weighted by atomic mass is 9.69. The van der Waals surface area contributed by atoms with Crippen molar-refractivity contribution in [2.45, 2.75) is 32.6 Å². The van der Waals surface area contributed by atoms with Crippen LogP contribution in [0.25, 0.3) is 10.9 Å². The highest BCUT2D eigenvalue weighted by Gasteiger charge is 2.41. The largest absolute Gasteiger partial charge is 0.358 e. The van der Waals surface area contributed by atoms with Gasteiger partial charge in [-0.15, -0.1) is 11.3 Å². The van der Waals surface area contributed by atoms with E-state index in [1.807, 2.05) is 12.3 Å². The summed E-state index contributed by atoms with van der Waals surface area (Å²) in [7, 11) is 0. The highest BCUT2D eigenvalue weighted by Crippen LogP contribution is 2.51. The molecule has 0 fully saturated rings. The lowest BCUT2D eigenvalue weighted by molar-refractivity contribution is -0.118.